The fraction of sp³-hybridized carbons (Fsp3) is 0.318. The predicted molar refractivity (Wildman–Crippen MR) is 121 cm³/mol. The zero-order chi connectivity index (χ0) is 20.6. The molecule has 3 heterocycles. The summed E-state index contributed by atoms with van der Waals surface area (Å²) in [7, 11) is 0. The number of benzene rings is 1. The van der Waals surface area contributed by atoms with E-state index in [0.29, 0.717) is 18.3 Å². The highest BCUT2D eigenvalue weighted by atomic mass is 32.1. The van der Waals surface area contributed by atoms with Crippen LogP contribution < -0.4 is 15.1 Å². The van der Waals surface area contributed by atoms with E-state index >= 15 is 0 Å². The number of rotatable bonds is 8. The number of hydrogen-bond acceptors (Lipinski definition) is 8. The van der Waals surface area contributed by atoms with E-state index in [0.717, 1.165) is 49.0 Å². The Morgan fingerprint density at radius 2 is 2.17 bits per heavy atom. The Morgan fingerprint density at radius 1 is 1.27 bits per heavy atom. The van der Waals surface area contributed by atoms with E-state index in [1.54, 1.807) is 17.6 Å². The summed E-state index contributed by atoms with van der Waals surface area (Å²) in [6.45, 7) is 5.71. The summed E-state index contributed by atoms with van der Waals surface area (Å²) < 4.78 is 11.4. The number of hydrazone groups is 1. The van der Waals surface area contributed by atoms with Crippen LogP contribution >= 0.6 is 11.3 Å². The van der Waals surface area contributed by atoms with Gasteiger partial charge in [-0.25, -0.2) is 4.98 Å². The summed E-state index contributed by atoms with van der Waals surface area (Å²) in [6, 6.07) is 12.1. The molecule has 0 saturated carbocycles. The lowest BCUT2D eigenvalue weighted by atomic mass is 10.2. The highest BCUT2D eigenvalue weighted by molar-refractivity contribution is 7.09. The molecule has 3 aromatic rings. The van der Waals surface area contributed by atoms with Crippen molar-refractivity contribution in [3.8, 4) is 5.88 Å². The summed E-state index contributed by atoms with van der Waals surface area (Å²) in [6.07, 6.45) is 4.36. The highest BCUT2D eigenvalue weighted by Crippen LogP contribution is 2.25. The Kier molecular flexibility index (Phi) is 6.89. The number of nitrogens with one attached hydrogen (secondary N) is 1. The largest absolute Gasteiger partial charge is 0.477 e. The first-order valence-electron chi connectivity index (χ1n) is 9.98. The maximum atomic E-state index is 5.94. The average Bonchev–Trinajstić information content (AvgIpc) is 3.28. The summed E-state index contributed by atoms with van der Waals surface area (Å²) in [5.74, 6) is 1.22. The van der Waals surface area contributed by atoms with Crippen LogP contribution in [0.4, 0.5) is 11.5 Å². The van der Waals surface area contributed by atoms with E-state index in [2.05, 4.69) is 44.5 Å². The number of pyridine rings is 1. The molecule has 156 valence electrons. The summed E-state index contributed by atoms with van der Waals surface area (Å²) >= 11 is 1.63. The average molecular weight is 424 g/mol. The molecule has 1 aliphatic heterocycles. The Labute approximate surface area is 180 Å². The topological polar surface area (TPSA) is 71.9 Å². The maximum Gasteiger partial charge on any atom is 0.217 e. The van der Waals surface area contributed by atoms with Gasteiger partial charge in [-0.3, -0.25) is 5.43 Å². The van der Waals surface area contributed by atoms with Crippen molar-refractivity contribution in [2.75, 3.05) is 43.2 Å². The third kappa shape index (κ3) is 5.77. The van der Waals surface area contributed by atoms with E-state index in [4.69, 9.17) is 9.47 Å². The van der Waals surface area contributed by atoms with Gasteiger partial charge >= 0.3 is 0 Å². The molecule has 1 aliphatic rings. The zero-order valence-corrected chi connectivity index (χ0v) is 17.8. The van der Waals surface area contributed by atoms with Gasteiger partial charge in [0.2, 0.25) is 5.88 Å². The molecule has 0 amide bonds. The summed E-state index contributed by atoms with van der Waals surface area (Å²) in [5.41, 5.74) is 6.32. The molecule has 1 fully saturated rings. The molecular formula is C22H25N5O2S. The van der Waals surface area contributed by atoms with Crippen LogP contribution in [0, 0.1) is 6.92 Å². The molecule has 4 rings (SSSR count). The van der Waals surface area contributed by atoms with E-state index in [-0.39, 0.29) is 0 Å². The number of anilines is 2. The molecule has 7 nitrogen and oxygen atoms in total. The predicted octanol–water partition coefficient (Wildman–Crippen LogP) is 3.75. The third-order valence-corrected chi connectivity index (χ3v) is 5.49. The lowest BCUT2D eigenvalue weighted by Crippen LogP contribution is -2.36. The van der Waals surface area contributed by atoms with Gasteiger partial charge < -0.3 is 14.4 Å². The molecule has 0 radical (unpaired) electrons. The number of ether oxygens (including phenoxy) is 2. The molecule has 0 aliphatic carbocycles. The Morgan fingerprint density at radius 3 is 2.97 bits per heavy atom. The van der Waals surface area contributed by atoms with Crippen molar-refractivity contribution < 1.29 is 9.47 Å². The third-order valence-electron chi connectivity index (χ3n) is 4.65. The molecular weight excluding hydrogens is 398 g/mol. The molecule has 2 aromatic heterocycles. The number of morpholine rings is 1. The van der Waals surface area contributed by atoms with Crippen LogP contribution in [0.25, 0.3) is 0 Å². The van der Waals surface area contributed by atoms with Gasteiger partial charge in [-0.1, -0.05) is 29.8 Å². The van der Waals surface area contributed by atoms with Gasteiger partial charge in [0.1, 0.15) is 0 Å². The second-order valence-corrected chi connectivity index (χ2v) is 7.94. The van der Waals surface area contributed by atoms with Crippen LogP contribution in [-0.2, 0) is 11.2 Å². The quantitative estimate of drug-likeness (QED) is 0.439. The number of hydrogen-bond donors (Lipinski definition) is 1. The van der Waals surface area contributed by atoms with Crippen molar-refractivity contribution in [1.82, 2.24) is 9.97 Å². The molecule has 0 atom stereocenters. The van der Waals surface area contributed by atoms with E-state index in [9.17, 15) is 0 Å². The first-order chi connectivity index (χ1) is 14.8. The molecule has 0 unspecified atom stereocenters. The minimum atomic E-state index is 0.527. The first-order valence-corrected chi connectivity index (χ1v) is 10.9. The number of thiazole rings is 1. The standard InChI is InChI=1S/C22H25N5O2S/c1-17-3-2-4-18(13-17)16-24-26-20-14-19(27-7-10-28-11-8-27)15-21(25-20)29-9-5-22-23-6-12-30-22/h2-4,6,12-16H,5,7-11H2,1H3,(H,25,26). The van der Waals surface area contributed by atoms with Gasteiger partial charge in [0, 0.05) is 48.9 Å². The highest BCUT2D eigenvalue weighted by Gasteiger charge is 2.14. The van der Waals surface area contributed by atoms with Crippen LogP contribution in [0.5, 0.6) is 5.88 Å². The van der Waals surface area contributed by atoms with Crippen molar-refractivity contribution in [3.05, 3.63) is 64.1 Å². The molecule has 0 spiro atoms. The minimum absolute atomic E-state index is 0.527. The fourth-order valence-corrected chi connectivity index (χ4v) is 3.77. The van der Waals surface area contributed by atoms with Gasteiger partial charge in [0.25, 0.3) is 0 Å². The summed E-state index contributed by atoms with van der Waals surface area (Å²) in [4.78, 5) is 11.1. The van der Waals surface area contributed by atoms with Crippen molar-refractivity contribution in [3.63, 3.8) is 0 Å². The van der Waals surface area contributed by atoms with Crippen molar-refractivity contribution >= 4 is 29.1 Å². The zero-order valence-electron chi connectivity index (χ0n) is 17.0. The van der Waals surface area contributed by atoms with E-state index < -0.39 is 0 Å². The van der Waals surface area contributed by atoms with Crippen LogP contribution in [-0.4, -0.2) is 49.1 Å². The number of aryl methyl sites for hydroxylation is 1. The molecule has 1 saturated heterocycles. The van der Waals surface area contributed by atoms with Crippen molar-refractivity contribution in [2.45, 2.75) is 13.3 Å². The lowest BCUT2D eigenvalue weighted by Gasteiger charge is -2.29. The first kappa shape index (κ1) is 20.3. The molecule has 8 heteroatoms. The smallest absolute Gasteiger partial charge is 0.217 e. The molecule has 1 aromatic carbocycles. The van der Waals surface area contributed by atoms with Crippen molar-refractivity contribution in [2.24, 2.45) is 5.10 Å². The van der Waals surface area contributed by atoms with Crippen LogP contribution in [0.2, 0.25) is 0 Å². The minimum Gasteiger partial charge on any atom is -0.477 e. The number of nitrogens with zero attached hydrogens (tertiary/aromatic N) is 4. The van der Waals surface area contributed by atoms with Gasteiger partial charge in [-0.2, -0.15) is 10.1 Å². The van der Waals surface area contributed by atoms with Gasteiger partial charge in [-0.15, -0.1) is 11.3 Å². The second-order valence-electron chi connectivity index (χ2n) is 6.96. The summed E-state index contributed by atoms with van der Waals surface area (Å²) in [5, 5.41) is 7.39. The SMILES string of the molecule is Cc1cccc(C=NNc2cc(N3CCOCC3)cc(OCCc3nccs3)n2)c1. The van der Waals surface area contributed by atoms with E-state index in [1.165, 1.54) is 5.56 Å². The number of aromatic nitrogens is 2. The van der Waals surface area contributed by atoms with Gasteiger partial charge in [0.15, 0.2) is 5.82 Å². The van der Waals surface area contributed by atoms with Gasteiger partial charge in [0.05, 0.1) is 31.0 Å². The normalized spacial score (nSPS) is 14.2. The maximum absolute atomic E-state index is 5.94. The fourth-order valence-electron chi connectivity index (χ4n) is 3.17. The Bertz CT molecular complexity index is 971. The lowest BCUT2D eigenvalue weighted by molar-refractivity contribution is 0.122. The van der Waals surface area contributed by atoms with E-state index in [1.807, 2.05) is 35.8 Å². The Hall–Kier alpha value is -2.97. The van der Waals surface area contributed by atoms with Crippen LogP contribution in [0.1, 0.15) is 16.1 Å². The molecule has 1 N–H and O–H groups in total. The molecule has 30 heavy (non-hydrogen) atoms. The second kappa shape index (κ2) is 10.2. The van der Waals surface area contributed by atoms with Gasteiger partial charge in [-0.05, 0) is 12.5 Å². The monoisotopic (exact) mass is 423 g/mol. The van der Waals surface area contributed by atoms with Crippen LogP contribution in [0.15, 0.2) is 53.1 Å². The van der Waals surface area contributed by atoms with Crippen LogP contribution in [0.3, 0.4) is 0 Å². The molecule has 0 bridgehead atoms. The Balaban J connectivity index is 1.47. The van der Waals surface area contributed by atoms with Crippen molar-refractivity contribution in [1.29, 1.82) is 0 Å².